The van der Waals surface area contributed by atoms with Crippen LogP contribution in [0.5, 0.6) is 0 Å². The zero-order valence-corrected chi connectivity index (χ0v) is 7.08. The molecule has 0 spiro atoms. The summed E-state index contributed by atoms with van der Waals surface area (Å²) in [6.45, 7) is 0. The molecular formula is C7H8N2O2S. The van der Waals surface area contributed by atoms with E-state index in [9.17, 15) is 8.42 Å². The molecule has 0 amide bonds. The topological polar surface area (TPSA) is 70.9 Å². The Morgan fingerprint density at radius 1 is 1.50 bits per heavy atom. The van der Waals surface area contributed by atoms with Crippen LogP contribution in [0.3, 0.4) is 0 Å². The van der Waals surface area contributed by atoms with Crippen molar-refractivity contribution in [2.45, 2.75) is 5.75 Å². The van der Waals surface area contributed by atoms with Gasteiger partial charge in [0, 0.05) is 6.20 Å². The molecule has 4 nitrogen and oxygen atoms in total. The molecule has 0 aliphatic rings. The van der Waals surface area contributed by atoms with E-state index in [0.29, 0.717) is 11.2 Å². The van der Waals surface area contributed by atoms with E-state index in [-0.39, 0.29) is 5.75 Å². The third-order valence-electron chi connectivity index (χ3n) is 1.25. The molecule has 0 aliphatic heterocycles. The van der Waals surface area contributed by atoms with Crippen molar-refractivity contribution in [3.63, 3.8) is 0 Å². The monoisotopic (exact) mass is 184 g/mol. The lowest BCUT2D eigenvalue weighted by molar-refractivity contribution is 0.606. The van der Waals surface area contributed by atoms with E-state index >= 15 is 0 Å². The van der Waals surface area contributed by atoms with Gasteiger partial charge in [-0.05, 0) is 12.1 Å². The van der Waals surface area contributed by atoms with Gasteiger partial charge in [0.15, 0.2) is 9.84 Å². The van der Waals surface area contributed by atoms with Crippen LogP contribution in [-0.4, -0.2) is 18.9 Å². The van der Waals surface area contributed by atoms with Crippen LogP contribution in [0.1, 0.15) is 5.69 Å². The van der Waals surface area contributed by atoms with Crippen molar-refractivity contribution < 1.29 is 8.42 Å². The predicted molar refractivity (Wildman–Crippen MR) is 45.6 cm³/mol. The summed E-state index contributed by atoms with van der Waals surface area (Å²) in [5, 5.41) is 6.61. The van der Waals surface area contributed by atoms with Crippen molar-refractivity contribution >= 4 is 15.4 Å². The number of nitrogens with zero attached hydrogens (tertiary/aromatic N) is 1. The molecule has 0 unspecified atom stereocenters. The number of hydrogen-bond donors (Lipinski definition) is 1. The summed E-state index contributed by atoms with van der Waals surface area (Å²) in [5.41, 5.74) is 0.905. The summed E-state index contributed by atoms with van der Waals surface area (Å²) in [7, 11) is -3.39. The summed E-state index contributed by atoms with van der Waals surface area (Å²) in [5.74, 6) is -0.197. The van der Waals surface area contributed by atoms with Gasteiger partial charge in [-0.3, -0.25) is 10.4 Å². The second-order valence-electron chi connectivity index (χ2n) is 2.25. The minimum absolute atomic E-state index is 0.197. The van der Waals surface area contributed by atoms with Crippen LogP contribution in [0.2, 0.25) is 0 Å². The van der Waals surface area contributed by atoms with Crippen LogP contribution in [0.4, 0.5) is 0 Å². The average Bonchev–Trinajstić information content (AvgIpc) is 2.06. The summed E-state index contributed by atoms with van der Waals surface area (Å²) in [6, 6.07) is 5.03. The van der Waals surface area contributed by atoms with Gasteiger partial charge in [-0.15, -0.1) is 0 Å². The van der Waals surface area contributed by atoms with Gasteiger partial charge in [0.05, 0.1) is 11.4 Å². The Balaban J connectivity index is 2.85. The van der Waals surface area contributed by atoms with Gasteiger partial charge in [0.2, 0.25) is 0 Å². The number of pyridine rings is 1. The molecule has 1 rings (SSSR count). The number of hydrogen-bond acceptors (Lipinski definition) is 4. The van der Waals surface area contributed by atoms with Crippen molar-refractivity contribution in [2.24, 2.45) is 0 Å². The van der Waals surface area contributed by atoms with Crippen molar-refractivity contribution in [3.05, 3.63) is 30.1 Å². The maximum Gasteiger partial charge on any atom is 0.193 e. The van der Waals surface area contributed by atoms with Crippen molar-refractivity contribution in [1.82, 2.24) is 4.98 Å². The number of sulfone groups is 1. The Morgan fingerprint density at radius 3 is 2.75 bits per heavy atom. The molecule has 12 heavy (non-hydrogen) atoms. The van der Waals surface area contributed by atoms with Crippen LogP contribution in [-0.2, 0) is 15.6 Å². The summed E-state index contributed by atoms with van der Waals surface area (Å²) >= 11 is 0. The van der Waals surface area contributed by atoms with E-state index in [4.69, 9.17) is 5.41 Å². The van der Waals surface area contributed by atoms with Gasteiger partial charge >= 0.3 is 0 Å². The number of rotatable bonds is 3. The summed E-state index contributed by atoms with van der Waals surface area (Å²) < 4.78 is 21.8. The smallest absolute Gasteiger partial charge is 0.193 e. The molecule has 0 radical (unpaired) electrons. The lowest BCUT2D eigenvalue weighted by Gasteiger charge is -1.95. The highest BCUT2D eigenvalue weighted by molar-refractivity contribution is 8.03. The fourth-order valence-corrected chi connectivity index (χ4v) is 1.40. The first-order valence-electron chi connectivity index (χ1n) is 3.27. The molecule has 1 aromatic heterocycles. The fourth-order valence-electron chi connectivity index (χ4n) is 0.731. The largest absolute Gasteiger partial charge is 0.297 e. The predicted octanol–water partition coefficient (Wildman–Crippen LogP) is 0.603. The average molecular weight is 184 g/mol. The first-order valence-corrected chi connectivity index (χ1v) is 4.99. The third-order valence-corrected chi connectivity index (χ3v) is 2.31. The molecule has 0 atom stereocenters. The zero-order valence-electron chi connectivity index (χ0n) is 6.27. The van der Waals surface area contributed by atoms with Crippen molar-refractivity contribution in [3.8, 4) is 0 Å². The molecule has 1 aromatic rings. The third kappa shape index (κ3) is 2.43. The van der Waals surface area contributed by atoms with Crippen LogP contribution < -0.4 is 0 Å². The van der Waals surface area contributed by atoms with E-state index in [0.717, 1.165) is 0 Å². The van der Waals surface area contributed by atoms with E-state index in [2.05, 4.69) is 4.98 Å². The molecule has 0 aliphatic carbocycles. The first-order chi connectivity index (χ1) is 5.64. The van der Waals surface area contributed by atoms with E-state index in [1.54, 1.807) is 18.2 Å². The standard InChI is InChI=1S/C7H8N2O2S/c8-6-12(10,11)5-7-3-1-2-4-9-7/h1-4,6,8H,5H2. The quantitative estimate of drug-likeness (QED) is 0.552. The molecule has 1 heterocycles. The normalized spacial score (nSPS) is 11.0. The molecule has 0 bridgehead atoms. The van der Waals surface area contributed by atoms with Crippen LogP contribution in [0.25, 0.3) is 0 Å². The molecule has 5 heteroatoms. The van der Waals surface area contributed by atoms with Gasteiger partial charge in [0.25, 0.3) is 0 Å². The van der Waals surface area contributed by atoms with E-state index < -0.39 is 9.84 Å². The van der Waals surface area contributed by atoms with Crippen molar-refractivity contribution in [1.29, 1.82) is 5.41 Å². The minimum atomic E-state index is -3.39. The van der Waals surface area contributed by atoms with E-state index in [1.165, 1.54) is 6.20 Å². The van der Waals surface area contributed by atoms with Gasteiger partial charge in [-0.2, -0.15) is 0 Å². The minimum Gasteiger partial charge on any atom is -0.297 e. The molecule has 64 valence electrons. The van der Waals surface area contributed by atoms with Crippen LogP contribution >= 0.6 is 0 Å². The maximum absolute atomic E-state index is 10.9. The Bertz CT molecular complexity index is 358. The van der Waals surface area contributed by atoms with Gasteiger partial charge in [0.1, 0.15) is 5.55 Å². The Kier molecular flexibility index (Phi) is 2.54. The number of nitrogens with one attached hydrogen (secondary N) is 1. The molecule has 0 saturated carbocycles. The molecule has 0 aromatic carbocycles. The molecule has 1 N–H and O–H groups in total. The van der Waals surface area contributed by atoms with Crippen LogP contribution in [0, 0.1) is 5.41 Å². The Labute approximate surface area is 70.7 Å². The Hall–Kier alpha value is -1.23. The second-order valence-corrected chi connectivity index (χ2v) is 4.10. The van der Waals surface area contributed by atoms with Crippen LogP contribution in [0.15, 0.2) is 24.4 Å². The maximum atomic E-state index is 10.9. The first kappa shape index (κ1) is 8.86. The summed E-state index contributed by atoms with van der Waals surface area (Å²) in [6.07, 6.45) is 1.52. The van der Waals surface area contributed by atoms with Gasteiger partial charge in [-0.25, -0.2) is 8.42 Å². The zero-order chi connectivity index (χ0) is 9.03. The van der Waals surface area contributed by atoms with Crippen molar-refractivity contribution in [2.75, 3.05) is 0 Å². The fraction of sp³-hybridized carbons (Fsp3) is 0.143. The van der Waals surface area contributed by atoms with Gasteiger partial charge in [-0.1, -0.05) is 6.07 Å². The SMILES string of the molecule is N=CS(=O)(=O)Cc1ccccn1. The summed E-state index contributed by atoms with van der Waals surface area (Å²) in [4.78, 5) is 3.83. The lowest BCUT2D eigenvalue weighted by atomic mass is 10.4. The highest BCUT2D eigenvalue weighted by Gasteiger charge is 2.07. The lowest BCUT2D eigenvalue weighted by Crippen LogP contribution is -2.05. The Morgan fingerprint density at radius 2 is 2.25 bits per heavy atom. The number of aromatic nitrogens is 1. The molecule has 0 fully saturated rings. The van der Waals surface area contributed by atoms with Gasteiger partial charge < -0.3 is 0 Å². The highest BCUT2D eigenvalue weighted by Crippen LogP contribution is 1.99. The molecular weight excluding hydrogens is 176 g/mol. The van der Waals surface area contributed by atoms with E-state index in [1.807, 2.05) is 0 Å². The highest BCUT2D eigenvalue weighted by atomic mass is 32.2. The molecule has 0 saturated heterocycles. The second kappa shape index (κ2) is 3.44.